The van der Waals surface area contributed by atoms with Crippen LogP contribution >= 0.6 is 0 Å². The molecule has 0 radical (unpaired) electrons. The van der Waals surface area contributed by atoms with Crippen LogP contribution < -0.4 is 5.32 Å². The molecule has 2 atom stereocenters. The second kappa shape index (κ2) is 9.98. The number of hydrogen-bond acceptors (Lipinski definition) is 2. The van der Waals surface area contributed by atoms with Gasteiger partial charge in [0.15, 0.2) is 0 Å². The zero-order valence-corrected chi connectivity index (χ0v) is 20.2. The summed E-state index contributed by atoms with van der Waals surface area (Å²) in [5.74, 6) is -2.93. The molecule has 6 heteroatoms. The van der Waals surface area contributed by atoms with E-state index in [4.69, 9.17) is 0 Å². The molecular formula is C29H30F2N2O2. The lowest BCUT2D eigenvalue weighted by molar-refractivity contribution is -0.123. The summed E-state index contributed by atoms with van der Waals surface area (Å²) in [5, 5.41) is 3.04. The molecule has 3 aromatic rings. The molecule has 3 aromatic carbocycles. The number of rotatable bonds is 4. The Morgan fingerprint density at radius 1 is 0.943 bits per heavy atom. The van der Waals surface area contributed by atoms with E-state index in [1.807, 2.05) is 54.6 Å². The SMILES string of the molecule is CC(C)(C)c1cccc(NC(=O)[C@H]2CCCN(C(=O)c3ccc(F)cc3F)[C@H]2c2ccccc2)c1. The molecule has 1 saturated heterocycles. The third-order valence-electron chi connectivity index (χ3n) is 6.53. The molecule has 1 N–H and O–H groups in total. The van der Waals surface area contributed by atoms with Crippen LogP contribution in [0, 0.1) is 17.6 Å². The molecule has 1 heterocycles. The van der Waals surface area contributed by atoms with Crippen molar-refractivity contribution in [3.63, 3.8) is 0 Å². The first-order valence-corrected chi connectivity index (χ1v) is 11.9. The van der Waals surface area contributed by atoms with Crippen molar-refractivity contribution in [2.75, 3.05) is 11.9 Å². The molecule has 1 fully saturated rings. The number of nitrogens with one attached hydrogen (secondary N) is 1. The highest BCUT2D eigenvalue weighted by atomic mass is 19.1. The van der Waals surface area contributed by atoms with Gasteiger partial charge in [-0.15, -0.1) is 0 Å². The van der Waals surface area contributed by atoms with Gasteiger partial charge < -0.3 is 10.2 Å². The van der Waals surface area contributed by atoms with Crippen molar-refractivity contribution < 1.29 is 18.4 Å². The molecule has 4 nitrogen and oxygen atoms in total. The highest BCUT2D eigenvalue weighted by molar-refractivity contribution is 5.97. The Balaban J connectivity index is 1.67. The van der Waals surface area contributed by atoms with Gasteiger partial charge in [0.2, 0.25) is 5.91 Å². The Bertz CT molecular complexity index is 1220. The van der Waals surface area contributed by atoms with Gasteiger partial charge in [-0.2, -0.15) is 0 Å². The van der Waals surface area contributed by atoms with Crippen molar-refractivity contribution in [1.29, 1.82) is 0 Å². The van der Waals surface area contributed by atoms with Gasteiger partial charge in [-0.05, 0) is 53.6 Å². The van der Waals surface area contributed by atoms with Crippen LogP contribution in [0.3, 0.4) is 0 Å². The summed E-state index contributed by atoms with van der Waals surface area (Å²) >= 11 is 0. The van der Waals surface area contributed by atoms with E-state index in [1.54, 1.807) is 4.90 Å². The molecule has 0 bridgehead atoms. The molecule has 2 amide bonds. The lowest BCUT2D eigenvalue weighted by atomic mass is 9.83. The van der Waals surface area contributed by atoms with Crippen LogP contribution in [0.25, 0.3) is 0 Å². The third kappa shape index (κ3) is 5.42. The quantitative estimate of drug-likeness (QED) is 0.468. The van der Waals surface area contributed by atoms with Gasteiger partial charge in [0.25, 0.3) is 5.91 Å². The smallest absolute Gasteiger partial charge is 0.257 e. The van der Waals surface area contributed by atoms with Gasteiger partial charge in [0.05, 0.1) is 17.5 Å². The fourth-order valence-corrected chi connectivity index (χ4v) is 4.68. The number of carbonyl (C=O) groups excluding carboxylic acids is 2. The zero-order valence-electron chi connectivity index (χ0n) is 20.2. The van der Waals surface area contributed by atoms with Crippen molar-refractivity contribution in [1.82, 2.24) is 4.90 Å². The van der Waals surface area contributed by atoms with Crippen LogP contribution in [-0.4, -0.2) is 23.3 Å². The minimum Gasteiger partial charge on any atom is -0.331 e. The average molecular weight is 477 g/mol. The predicted octanol–water partition coefficient (Wildman–Crippen LogP) is 6.49. The van der Waals surface area contributed by atoms with Crippen LogP contribution in [0.2, 0.25) is 0 Å². The first kappa shape index (κ1) is 24.6. The Labute approximate surface area is 205 Å². The molecule has 0 aromatic heterocycles. The highest BCUT2D eigenvalue weighted by Crippen LogP contribution is 2.38. The zero-order chi connectivity index (χ0) is 25.2. The van der Waals surface area contributed by atoms with E-state index in [-0.39, 0.29) is 16.9 Å². The maximum atomic E-state index is 14.5. The molecular weight excluding hydrogens is 446 g/mol. The van der Waals surface area contributed by atoms with Gasteiger partial charge in [-0.1, -0.05) is 63.2 Å². The van der Waals surface area contributed by atoms with Crippen molar-refractivity contribution in [2.24, 2.45) is 5.92 Å². The van der Waals surface area contributed by atoms with Crippen molar-refractivity contribution in [3.8, 4) is 0 Å². The summed E-state index contributed by atoms with van der Waals surface area (Å²) in [4.78, 5) is 28.5. The Kier molecular flexibility index (Phi) is 7.01. The fraction of sp³-hybridized carbons (Fsp3) is 0.310. The molecule has 1 aliphatic heterocycles. The molecule has 0 aliphatic carbocycles. The Morgan fingerprint density at radius 2 is 1.69 bits per heavy atom. The van der Waals surface area contributed by atoms with Gasteiger partial charge >= 0.3 is 0 Å². The van der Waals surface area contributed by atoms with E-state index in [0.717, 1.165) is 23.3 Å². The summed E-state index contributed by atoms with van der Waals surface area (Å²) in [5.41, 5.74) is 2.32. The van der Waals surface area contributed by atoms with Gasteiger partial charge in [-0.25, -0.2) is 8.78 Å². The van der Waals surface area contributed by atoms with E-state index in [1.165, 1.54) is 0 Å². The Morgan fingerprint density at radius 3 is 2.37 bits per heavy atom. The van der Waals surface area contributed by atoms with Crippen LogP contribution in [0.1, 0.15) is 61.1 Å². The van der Waals surface area contributed by atoms with E-state index in [2.05, 4.69) is 26.1 Å². The summed E-state index contributed by atoms with van der Waals surface area (Å²) in [7, 11) is 0. The van der Waals surface area contributed by atoms with Gasteiger partial charge in [0, 0.05) is 18.3 Å². The number of anilines is 1. The second-order valence-corrected chi connectivity index (χ2v) is 10.0. The summed E-state index contributed by atoms with van der Waals surface area (Å²) in [6, 6.07) is 19.5. The standard InChI is InChI=1S/C29H30F2N2O2/c1-29(2,3)20-11-7-12-22(17-20)32-27(34)24-13-8-16-33(26(24)19-9-5-4-6-10-19)28(35)23-15-14-21(30)18-25(23)31/h4-7,9-12,14-15,17-18,24,26H,8,13,16H2,1-3H3,(H,32,34)/t24-,26-/m0/s1. The van der Waals surface area contributed by atoms with Crippen LogP contribution in [0.4, 0.5) is 14.5 Å². The minimum absolute atomic E-state index is 0.0688. The van der Waals surface area contributed by atoms with E-state index < -0.39 is 29.5 Å². The third-order valence-corrected chi connectivity index (χ3v) is 6.53. The lowest BCUT2D eigenvalue weighted by Gasteiger charge is -2.41. The number of hydrogen-bond donors (Lipinski definition) is 1. The molecule has 0 unspecified atom stereocenters. The summed E-state index contributed by atoms with van der Waals surface area (Å²) < 4.78 is 27.9. The highest BCUT2D eigenvalue weighted by Gasteiger charge is 2.40. The monoisotopic (exact) mass is 476 g/mol. The summed E-state index contributed by atoms with van der Waals surface area (Å²) in [6.45, 7) is 6.70. The molecule has 1 aliphatic rings. The molecule has 35 heavy (non-hydrogen) atoms. The first-order chi connectivity index (χ1) is 16.6. The number of benzene rings is 3. The maximum Gasteiger partial charge on any atom is 0.257 e. The second-order valence-electron chi connectivity index (χ2n) is 10.0. The number of halogens is 2. The summed E-state index contributed by atoms with van der Waals surface area (Å²) in [6.07, 6.45) is 1.18. The number of nitrogens with zero attached hydrogens (tertiary/aromatic N) is 1. The molecule has 4 rings (SSSR count). The molecule has 0 saturated carbocycles. The van der Waals surface area contributed by atoms with Crippen LogP contribution in [-0.2, 0) is 10.2 Å². The average Bonchev–Trinajstić information content (AvgIpc) is 2.83. The van der Waals surface area contributed by atoms with Gasteiger partial charge in [0.1, 0.15) is 11.6 Å². The van der Waals surface area contributed by atoms with Crippen molar-refractivity contribution >= 4 is 17.5 Å². The number of amides is 2. The predicted molar refractivity (Wildman–Crippen MR) is 133 cm³/mol. The fourth-order valence-electron chi connectivity index (χ4n) is 4.68. The van der Waals surface area contributed by atoms with Crippen molar-refractivity contribution in [2.45, 2.75) is 45.1 Å². The van der Waals surface area contributed by atoms with E-state index >= 15 is 0 Å². The first-order valence-electron chi connectivity index (χ1n) is 11.9. The minimum atomic E-state index is -0.910. The molecule has 182 valence electrons. The van der Waals surface area contributed by atoms with Gasteiger partial charge in [-0.3, -0.25) is 9.59 Å². The van der Waals surface area contributed by atoms with Crippen LogP contribution in [0.5, 0.6) is 0 Å². The maximum absolute atomic E-state index is 14.5. The van der Waals surface area contributed by atoms with E-state index in [0.29, 0.717) is 31.1 Å². The molecule has 0 spiro atoms. The largest absolute Gasteiger partial charge is 0.331 e. The number of carbonyl (C=O) groups is 2. The van der Waals surface area contributed by atoms with Crippen LogP contribution in [0.15, 0.2) is 72.8 Å². The van der Waals surface area contributed by atoms with Crippen molar-refractivity contribution in [3.05, 3.63) is 101 Å². The normalized spacial score (nSPS) is 18.3. The lowest BCUT2D eigenvalue weighted by Crippen LogP contribution is -2.46. The topological polar surface area (TPSA) is 49.4 Å². The Hall–Kier alpha value is -3.54. The number of likely N-dealkylation sites (tertiary alicyclic amines) is 1. The van der Waals surface area contributed by atoms with E-state index in [9.17, 15) is 18.4 Å². The number of piperidine rings is 1.